The highest BCUT2D eigenvalue weighted by atomic mass is 16.4. The molecule has 0 saturated heterocycles. The third-order valence-corrected chi connectivity index (χ3v) is 1.20. The first-order valence-electron chi connectivity index (χ1n) is 3.12. The second kappa shape index (κ2) is 3.88. The highest BCUT2D eigenvalue weighted by Gasteiger charge is 2.15. The molecule has 0 aromatic heterocycles. The van der Waals surface area contributed by atoms with Crippen molar-refractivity contribution in [1.82, 2.24) is 0 Å². The smallest absolute Gasteiger partial charge is 0.320 e. The van der Waals surface area contributed by atoms with Gasteiger partial charge in [0.25, 0.3) is 0 Å². The van der Waals surface area contributed by atoms with Gasteiger partial charge in [0.15, 0.2) is 5.78 Å². The maximum Gasteiger partial charge on any atom is 0.320 e. The summed E-state index contributed by atoms with van der Waals surface area (Å²) in [5.74, 6) is -1.47. The lowest BCUT2D eigenvalue weighted by Gasteiger charge is -2.03. The lowest BCUT2D eigenvalue weighted by Crippen LogP contribution is -2.32. The van der Waals surface area contributed by atoms with Crippen LogP contribution in [0.3, 0.4) is 0 Å². The number of carbonyl (C=O) groups is 2. The van der Waals surface area contributed by atoms with Crippen LogP contribution in [0.5, 0.6) is 0 Å². The van der Waals surface area contributed by atoms with E-state index in [1.807, 2.05) is 0 Å². The molecule has 0 amide bonds. The summed E-state index contributed by atoms with van der Waals surface area (Å²) in [6, 6.07) is -1.11. The molecule has 62 valence electrons. The summed E-state index contributed by atoms with van der Waals surface area (Å²) in [7, 11) is 0. The molecule has 0 aliphatic rings. The van der Waals surface area contributed by atoms with Gasteiger partial charge in [-0.3, -0.25) is 9.59 Å². The predicted octanol–water partition coefficient (Wildman–Crippen LogP) is -0.0664. The second-order valence-corrected chi connectivity index (χ2v) is 2.35. The maximum absolute atomic E-state index is 10.8. The van der Waals surface area contributed by atoms with Gasteiger partial charge < -0.3 is 10.8 Å². The summed E-state index contributed by atoms with van der Waals surface area (Å²) >= 11 is 0. The van der Waals surface area contributed by atoms with E-state index in [0.29, 0.717) is 5.57 Å². The number of carboxylic acids is 1. The molecule has 0 aromatic carbocycles. The molecule has 0 rings (SSSR count). The number of carbonyl (C=O) groups excluding carboxylic acids is 1. The first kappa shape index (κ1) is 9.84. The Balaban J connectivity index is 3.95. The van der Waals surface area contributed by atoms with Crippen LogP contribution in [0.15, 0.2) is 12.2 Å². The van der Waals surface area contributed by atoms with Crippen LogP contribution in [0, 0.1) is 0 Å². The van der Waals surface area contributed by atoms with Gasteiger partial charge in [0.05, 0.1) is 0 Å². The molecule has 0 aliphatic heterocycles. The van der Waals surface area contributed by atoms with Crippen LogP contribution in [-0.2, 0) is 9.59 Å². The van der Waals surface area contributed by atoms with Crippen molar-refractivity contribution in [3.63, 3.8) is 0 Å². The third-order valence-electron chi connectivity index (χ3n) is 1.20. The Bertz CT molecular complexity index is 198. The van der Waals surface area contributed by atoms with Gasteiger partial charge in [0.1, 0.15) is 6.04 Å². The fraction of sp³-hybridized carbons (Fsp3) is 0.429. The number of hydrogen-bond donors (Lipinski definition) is 2. The molecule has 0 bridgehead atoms. The molecule has 0 saturated carbocycles. The highest BCUT2D eigenvalue weighted by Crippen LogP contribution is 1.98. The van der Waals surface area contributed by atoms with Crippen molar-refractivity contribution in [3.05, 3.63) is 12.2 Å². The Morgan fingerprint density at radius 2 is 2.09 bits per heavy atom. The van der Waals surface area contributed by atoms with Crippen LogP contribution in [0.2, 0.25) is 0 Å². The molecule has 0 heterocycles. The normalized spacial score (nSPS) is 12.2. The Kier molecular flexibility index (Phi) is 3.47. The molecule has 0 spiro atoms. The van der Waals surface area contributed by atoms with Crippen molar-refractivity contribution in [2.24, 2.45) is 5.73 Å². The molecule has 0 aliphatic carbocycles. The van der Waals surface area contributed by atoms with E-state index in [1.54, 1.807) is 0 Å². The van der Waals surface area contributed by atoms with Crippen LogP contribution in [0.4, 0.5) is 0 Å². The SMILES string of the molecule is C=C(C)C(=O)CC(N)C(=O)O. The molecule has 0 aromatic rings. The van der Waals surface area contributed by atoms with Crippen LogP contribution in [0.1, 0.15) is 13.3 Å². The van der Waals surface area contributed by atoms with Crippen LogP contribution in [-0.4, -0.2) is 22.9 Å². The zero-order valence-corrected chi connectivity index (χ0v) is 6.33. The molecular formula is C7H11NO3. The third kappa shape index (κ3) is 3.52. The summed E-state index contributed by atoms with van der Waals surface area (Å²) in [5.41, 5.74) is 5.43. The van der Waals surface area contributed by atoms with Gasteiger partial charge in [-0.15, -0.1) is 0 Å². The molecule has 4 heteroatoms. The molecule has 0 radical (unpaired) electrons. The number of Topliss-reactive ketones (excluding diaryl/α,β-unsaturated/α-hetero) is 1. The van der Waals surface area contributed by atoms with Gasteiger partial charge in [0.2, 0.25) is 0 Å². The number of hydrogen-bond acceptors (Lipinski definition) is 3. The number of aliphatic carboxylic acids is 1. The Hall–Kier alpha value is -1.16. The number of rotatable bonds is 4. The van der Waals surface area contributed by atoms with Crippen molar-refractivity contribution in [2.45, 2.75) is 19.4 Å². The molecule has 1 unspecified atom stereocenters. The van der Waals surface area contributed by atoms with E-state index >= 15 is 0 Å². The molecule has 1 atom stereocenters. The van der Waals surface area contributed by atoms with E-state index in [0.717, 1.165) is 0 Å². The van der Waals surface area contributed by atoms with Gasteiger partial charge >= 0.3 is 5.97 Å². The summed E-state index contributed by atoms with van der Waals surface area (Å²) in [4.78, 5) is 21.0. The first-order valence-corrected chi connectivity index (χ1v) is 3.12. The molecule has 3 N–H and O–H groups in total. The van der Waals surface area contributed by atoms with Crippen molar-refractivity contribution in [2.75, 3.05) is 0 Å². The number of ketones is 1. The van der Waals surface area contributed by atoms with Gasteiger partial charge in [-0.25, -0.2) is 0 Å². The maximum atomic E-state index is 10.8. The molecule has 4 nitrogen and oxygen atoms in total. The lowest BCUT2D eigenvalue weighted by molar-refractivity contribution is -0.139. The lowest BCUT2D eigenvalue weighted by atomic mass is 10.1. The fourth-order valence-corrected chi connectivity index (χ4v) is 0.461. The zero-order valence-electron chi connectivity index (χ0n) is 6.33. The first-order chi connectivity index (χ1) is 4.95. The molecule has 11 heavy (non-hydrogen) atoms. The van der Waals surface area contributed by atoms with Crippen LogP contribution in [0.25, 0.3) is 0 Å². The van der Waals surface area contributed by atoms with Gasteiger partial charge in [-0.1, -0.05) is 6.58 Å². The van der Waals surface area contributed by atoms with Gasteiger partial charge in [-0.2, -0.15) is 0 Å². The van der Waals surface area contributed by atoms with E-state index in [4.69, 9.17) is 10.8 Å². The summed E-state index contributed by atoms with van der Waals surface area (Å²) in [5, 5.41) is 8.31. The highest BCUT2D eigenvalue weighted by molar-refractivity contribution is 5.96. The van der Waals surface area contributed by atoms with E-state index < -0.39 is 12.0 Å². The summed E-state index contributed by atoms with van der Waals surface area (Å²) in [6.45, 7) is 4.89. The standard InChI is InChI=1S/C7H11NO3/c1-4(2)6(9)3-5(8)7(10)11/h5H,1,3,8H2,2H3,(H,10,11). The number of nitrogens with two attached hydrogens (primary N) is 1. The van der Waals surface area contributed by atoms with Crippen molar-refractivity contribution in [3.8, 4) is 0 Å². The average molecular weight is 157 g/mol. The van der Waals surface area contributed by atoms with Crippen molar-refractivity contribution < 1.29 is 14.7 Å². The van der Waals surface area contributed by atoms with Crippen molar-refractivity contribution in [1.29, 1.82) is 0 Å². The van der Waals surface area contributed by atoms with Gasteiger partial charge in [-0.05, 0) is 12.5 Å². The number of carboxylic acid groups (broad SMARTS) is 1. The second-order valence-electron chi connectivity index (χ2n) is 2.35. The predicted molar refractivity (Wildman–Crippen MR) is 40.0 cm³/mol. The zero-order chi connectivity index (χ0) is 9.02. The Morgan fingerprint density at radius 3 is 2.36 bits per heavy atom. The minimum atomic E-state index is -1.17. The van der Waals surface area contributed by atoms with E-state index in [9.17, 15) is 9.59 Å². The largest absolute Gasteiger partial charge is 0.480 e. The fourth-order valence-electron chi connectivity index (χ4n) is 0.461. The molecule has 0 fully saturated rings. The Morgan fingerprint density at radius 1 is 1.64 bits per heavy atom. The minimum absolute atomic E-state index is 0.176. The van der Waals surface area contributed by atoms with Crippen molar-refractivity contribution >= 4 is 11.8 Å². The number of allylic oxidation sites excluding steroid dienone is 1. The van der Waals surface area contributed by atoms with Crippen LogP contribution < -0.4 is 5.73 Å². The average Bonchev–Trinajstić information content (AvgIpc) is 1.87. The van der Waals surface area contributed by atoms with Crippen LogP contribution >= 0.6 is 0 Å². The summed E-state index contributed by atoms with van der Waals surface area (Å²) < 4.78 is 0. The Labute approximate surface area is 64.7 Å². The van der Waals surface area contributed by atoms with E-state index in [-0.39, 0.29) is 12.2 Å². The molecular weight excluding hydrogens is 146 g/mol. The topological polar surface area (TPSA) is 80.4 Å². The van der Waals surface area contributed by atoms with E-state index in [1.165, 1.54) is 6.92 Å². The van der Waals surface area contributed by atoms with E-state index in [2.05, 4.69) is 6.58 Å². The monoisotopic (exact) mass is 157 g/mol. The minimum Gasteiger partial charge on any atom is -0.480 e. The quantitative estimate of drug-likeness (QED) is 0.560. The summed E-state index contributed by atoms with van der Waals surface area (Å²) in [6.07, 6.45) is -0.176. The van der Waals surface area contributed by atoms with Gasteiger partial charge in [0, 0.05) is 6.42 Å².